The van der Waals surface area contributed by atoms with Crippen molar-refractivity contribution in [2.45, 2.75) is 20.4 Å². The van der Waals surface area contributed by atoms with E-state index in [9.17, 15) is 5.11 Å². The SMILES string of the molecule is CCn1c(C)nc2ccc(O)cc21. The number of aromatic nitrogens is 2. The third-order valence-electron chi connectivity index (χ3n) is 2.24. The Bertz CT molecular complexity index is 445. The van der Waals surface area contributed by atoms with Crippen molar-refractivity contribution in [2.24, 2.45) is 0 Å². The number of phenolic OH excluding ortho intramolecular Hbond substituents is 1. The molecule has 0 bridgehead atoms. The highest BCUT2D eigenvalue weighted by Gasteiger charge is 2.05. The van der Waals surface area contributed by atoms with Crippen molar-refractivity contribution in [1.29, 1.82) is 0 Å². The summed E-state index contributed by atoms with van der Waals surface area (Å²) < 4.78 is 2.08. The number of aryl methyl sites for hydroxylation is 2. The molecule has 0 fully saturated rings. The molecule has 3 nitrogen and oxygen atoms in total. The van der Waals surface area contributed by atoms with Gasteiger partial charge in [-0.3, -0.25) is 0 Å². The molecular weight excluding hydrogens is 164 g/mol. The van der Waals surface area contributed by atoms with Crippen molar-refractivity contribution in [3.8, 4) is 5.75 Å². The number of fused-ring (bicyclic) bond motifs is 1. The zero-order valence-electron chi connectivity index (χ0n) is 7.78. The molecule has 3 heteroatoms. The number of benzene rings is 1. The molecule has 68 valence electrons. The Labute approximate surface area is 76.6 Å². The van der Waals surface area contributed by atoms with Crippen molar-refractivity contribution < 1.29 is 5.11 Å². The van der Waals surface area contributed by atoms with E-state index in [-0.39, 0.29) is 0 Å². The summed E-state index contributed by atoms with van der Waals surface area (Å²) in [6, 6.07) is 5.25. The molecule has 0 spiro atoms. The van der Waals surface area contributed by atoms with Gasteiger partial charge in [0.1, 0.15) is 11.6 Å². The maximum Gasteiger partial charge on any atom is 0.117 e. The maximum atomic E-state index is 9.32. The molecule has 0 amide bonds. The van der Waals surface area contributed by atoms with E-state index in [1.807, 2.05) is 13.0 Å². The summed E-state index contributed by atoms with van der Waals surface area (Å²) in [6.45, 7) is 4.92. The Morgan fingerprint density at radius 3 is 2.92 bits per heavy atom. The minimum absolute atomic E-state index is 0.294. The molecule has 2 aromatic rings. The second kappa shape index (κ2) is 2.76. The number of phenols is 1. The van der Waals surface area contributed by atoms with Crippen molar-refractivity contribution in [2.75, 3.05) is 0 Å². The molecule has 0 aliphatic carbocycles. The normalized spacial score (nSPS) is 10.9. The molecule has 0 saturated heterocycles. The molecule has 0 unspecified atom stereocenters. The first kappa shape index (κ1) is 8.10. The number of rotatable bonds is 1. The summed E-state index contributed by atoms with van der Waals surface area (Å²) in [5.74, 6) is 1.28. The average molecular weight is 176 g/mol. The van der Waals surface area contributed by atoms with Crippen LogP contribution in [0.15, 0.2) is 18.2 Å². The fourth-order valence-electron chi connectivity index (χ4n) is 1.63. The number of aromatic hydroxyl groups is 1. The van der Waals surface area contributed by atoms with Crippen LogP contribution in [0.3, 0.4) is 0 Å². The van der Waals surface area contributed by atoms with Crippen LogP contribution < -0.4 is 0 Å². The minimum Gasteiger partial charge on any atom is -0.508 e. The van der Waals surface area contributed by atoms with E-state index in [1.54, 1.807) is 12.1 Å². The third kappa shape index (κ3) is 1.16. The van der Waals surface area contributed by atoms with Gasteiger partial charge >= 0.3 is 0 Å². The summed E-state index contributed by atoms with van der Waals surface area (Å²) in [5, 5.41) is 9.32. The number of hydrogen-bond acceptors (Lipinski definition) is 2. The van der Waals surface area contributed by atoms with Crippen LogP contribution in [-0.4, -0.2) is 14.7 Å². The lowest BCUT2D eigenvalue weighted by molar-refractivity contribution is 0.476. The van der Waals surface area contributed by atoms with Gasteiger partial charge in [0.25, 0.3) is 0 Å². The standard InChI is InChI=1S/C10H12N2O/c1-3-12-7(2)11-9-5-4-8(13)6-10(9)12/h4-6,13H,3H2,1-2H3. The predicted octanol–water partition coefficient (Wildman–Crippen LogP) is 2.07. The highest BCUT2D eigenvalue weighted by atomic mass is 16.3. The largest absolute Gasteiger partial charge is 0.508 e. The zero-order valence-corrected chi connectivity index (χ0v) is 7.78. The van der Waals surface area contributed by atoms with Gasteiger partial charge in [-0.05, 0) is 26.0 Å². The van der Waals surface area contributed by atoms with Gasteiger partial charge in [0.05, 0.1) is 11.0 Å². The van der Waals surface area contributed by atoms with E-state index in [0.29, 0.717) is 5.75 Å². The van der Waals surface area contributed by atoms with Gasteiger partial charge in [-0.1, -0.05) is 0 Å². The van der Waals surface area contributed by atoms with Crippen molar-refractivity contribution in [3.05, 3.63) is 24.0 Å². The number of hydrogen-bond donors (Lipinski definition) is 1. The van der Waals surface area contributed by atoms with Gasteiger partial charge in [0, 0.05) is 12.6 Å². The molecule has 0 aliphatic heterocycles. The predicted molar refractivity (Wildman–Crippen MR) is 51.8 cm³/mol. The van der Waals surface area contributed by atoms with Gasteiger partial charge in [-0.2, -0.15) is 0 Å². The van der Waals surface area contributed by atoms with Crippen LogP contribution in [0.4, 0.5) is 0 Å². The van der Waals surface area contributed by atoms with Crippen molar-refractivity contribution in [3.63, 3.8) is 0 Å². The quantitative estimate of drug-likeness (QED) is 0.722. The Hall–Kier alpha value is -1.51. The molecular formula is C10H12N2O. The van der Waals surface area contributed by atoms with E-state index >= 15 is 0 Å². The molecule has 1 heterocycles. The first-order valence-electron chi connectivity index (χ1n) is 4.38. The Kier molecular flexibility index (Phi) is 1.72. The van der Waals surface area contributed by atoms with Crippen LogP contribution in [0.25, 0.3) is 11.0 Å². The summed E-state index contributed by atoms with van der Waals surface area (Å²) in [6.07, 6.45) is 0. The van der Waals surface area contributed by atoms with E-state index in [1.165, 1.54) is 0 Å². The molecule has 0 aliphatic rings. The van der Waals surface area contributed by atoms with Crippen LogP contribution in [-0.2, 0) is 6.54 Å². The van der Waals surface area contributed by atoms with Crippen LogP contribution in [0.1, 0.15) is 12.7 Å². The number of nitrogens with zero attached hydrogens (tertiary/aromatic N) is 2. The first-order chi connectivity index (χ1) is 6.22. The maximum absolute atomic E-state index is 9.32. The number of imidazole rings is 1. The lowest BCUT2D eigenvalue weighted by Crippen LogP contribution is -1.95. The highest BCUT2D eigenvalue weighted by molar-refractivity contribution is 5.77. The van der Waals surface area contributed by atoms with Gasteiger partial charge in [0.2, 0.25) is 0 Å². The van der Waals surface area contributed by atoms with E-state index in [4.69, 9.17) is 0 Å². The van der Waals surface area contributed by atoms with E-state index < -0.39 is 0 Å². The fourth-order valence-corrected chi connectivity index (χ4v) is 1.63. The zero-order chi connectivity index (χ0) is 9.42. The Balaban J connectivity index is 2.80. The van der Waals surface area contributed by atoms with Crippen LogP contribution >= 0.6 is 0 Å². The summed E-state index contributed by atoms with van der Waals surface area (Å²) in [4.78, 5) is 4.38. The fraction of sp³-hybridized carbons (Fsp3) is 0.300. The third-order valence-corrected chi connectivity index (χ3v) is 2.24. The van der Waals surface area contributed by atoms with Gasteiger partial charge in [-0.25, -0.2) is 4.98 Å². The van der Waals surface area contributed by atoms with Crippen LogP contribution in [0, 0.1) is 6.92 Å². The Morgan fingerprint density at radius 1 is 1.46 bits per heavy atom. The molecule has 0 atom stereocenters. The van der Waals surface area contributed by atoms with E-state index in [0.717, 1.165) is 23.4 Å². The topological polar surface area (TPSA) is 38.0 Å². The lowest BCUT2D eigenvalue weighted by atomic mass is 10.3. The van der Waals surface area contributed by atoms with Crippen LogP contribution in [0.5, 0.6) is 5.75 Å². The van der Waals surface area contributed by atoms with Crippen molar-refractivity contribution in [1.82, 2.24) is 9.55 Å². The molecule has 0 saturated carbocycles. The molecule has 0 radical (unpaired) electrons. The summed E-state index contributed by atoms with van der Waals surface area (Å²) in [7, 11) is 0. The summed E-state index contributed by atoms with van der Waals surface area (Å²) >= 11 is 0. The highest BCUT2D eigenvalue weighted by Crippen LogP contribution is 2.20. The summed E-state index contributed by atoms with van der Waals surface area (Å²) in [5.41, 5.74) is 1.94. The van der Waals surface area contributed by atoms with Crippen LogP contribution in [0.2, 0.25) is 0 Å². The average Bonchev–Trinajstić information content (AvgIpc) is 2.40. The van der Waals surface area contributed by atoms with Gasteiger partial charge in [-0.15, -0.1) is 0 Å². The van der Waals surface area contributed by atoms with Gasteiger partial charge < -0.3 is 9.67 Å². The van der Waals surface area contributed by atoms with E-state index in [2.05, 4.69) is 16.5 Å². The molecule has 2 rings (SSSR count). The van der Waals surface area contributed by atoms with Crippen molar-refractivity contribution >= 4 is 11.0 Å². The minimum atomic E-state index is 0.294. The lowest BCUT2D eigenvalue weighted by Gasteiger charge is -2.01. The molecule has 1 aromatic heterocycles. The molecule has 1 N–H and O–H groups in total. The monoisotopic (exact) mass is 176 g/mol. The molecule has 1 aromatic carbocycles. The second-order valence-electron chi connectivity index (χ2n) is 3.08. The van der Waals surface area contributed by atoms with Gasteiger partial charge in [0.15, 0.2) is 0 Å². The smallest absolute Gasteiger partial charge is 0.117 e. The second-order valence-corrected chi connectivity index (χ2v) is 3.08. The first-order valence-corrected chi connectivity index (χ1v) is 4.38. The Morgan fingerprint density at radius 2 is 2.23 bits per heavy atom. The molecule has 13 heavy (non-hydrogen) atoms.